The lowest BCUT2D eigenvalue weighted by Crippen LogP contribution is -2.23. The third-order valence-electron chi connectivity index (χ3n) is 3.75. The van der Waals surface area contributed by atoms with Crippen LogP contribution < -0.4 is 5.69 Å². The number of hydrogen-bond acceptors (Lipinski definition) is 2. The summed E-state index contributed by atoms with van der Waals surface area (Å²) in [6.07, 6.45) is 0.265. The van der Waals surface area contributed by atoms with E-state index in [1.54, 1.807) is 9.13 Å². The number of benzene rings is 1. The minimum atomic E-state index is -0.468. The Hall–Kier alpha value is -1.55. The van der Waals surface area contributed by atoms with Crippen LogP contribution in [0.1, 0.15) is 45.8 Å². The second-order valence-electron chi connectivity index (χ2n) is 5.66. The van der Waals surface area contributed by atoms with Crippen molar-refractivity contribution in [1.29, 1.82) is 0 Å². The predicted octanol–water partition coefficient (Wildman–Crippen LogP) is 2.92. The van der Waals surface area contributed by atoms with Crippen LogP contribution in [0.4, 0.5) is 0 Å². The molecule has 1 heterocycles. The molecular weight excluding hydrogens is 252 g/mol. The largest absolute Gasteiger partial charge is 0.388 e. The van der Waals surface area contributed by atoms with Crippen molar-refractivity contribution in [3.63, 3.8) is 0 Å². The second-order valence-corrected chi connectivity index (χ2v) is 5.66. The maximum atomic E-state index is 12.3. The Morgan fingerprint density at radius 2 is 1.70 bits per heavy atom. The Morgan fingerprint density at radius 3 is 2.25 bits per heavy atom. The minimum Gasteiger partial charge on any atom is -0.388 e. The van der Waals surface area contributed by atoms with Crippen molar-refractivity contribution in [3.05, 3.63) is 34.2 Å². The summed E-state index contributed by atoms with van der Waals surface area (Å²) in [6.45, 7) is 9.44. The number of fused-ring (bicyclic) bond motifs is 1. The zero-order valence-corrected chi connectivity index (χ0v) is 12.8. The quantitative estimate of drug-likeness (QED) is 0.912. The SMILES string of the molecule is CCn1c(=O)n(CC)c2cc(C(O)CC(C)C)ccc21. The van der Waals surface area contributed by atoms with Crippen molar-refractivity contribution in [2.24, 2.45) is 5.92 Å². The van der Waals surface area contributed by atoms with Crippen molar-refractivity contribution in [2.75, 3.05) is 0 Å². The smallest absolute Gasteiger partial charge is 0.329 e. The van der Waals surface area contributed by atoms with Crippen molar-refractivity contribution in [3.8, 4) is 0 Å². The molecule has 2 rings (SSSR count). The number of aliphatic hydroxyl groups excluding tert-OH is 1. The van der Waals surface area contributed by atoms with Gasteiger partial charge in [0.15, 0.2) is 0 Å². The molecular formula is C16H24N2O2. The molecule has 0 saturated carbocycles. The van der Waals surface area contributed by atoms with Gasteiger partial charge in [0.25, 0.3) is 0 Å². The molecule has 2 aromatic rings. The van der Waals surface area contributed by atoms with E-state index in [-0.39, 0.29) is 5.69 Å². The highest BCUT2D eigenvalue weighted by Crippen LogP contribution is 2.24. The molecule has 4 nitrogen and oxygen atoms in total. The first-order chi connectivity index (χ1) is 9.49. The first-order valence-electron chi connectivity index (χ1n) is 7.40. The molecule has 0 aliphatic rings. The lowest BCUT2D eigenvalue weighted by atomic mass is 9.99. The van der Waals surface area contributed by atoms with Crippen LogP contribution in [0.25, 0.3) is 11.0 Å². The summed E-state index contributed by atoms with van der Waals surface area (Å²) in [5, 5.41) is 10.3. The molecule has 1 atom stereocenters. The van der Waals surface area contributed by atoms with Crippen LogP contribution in [0.3, 0.4) is 0 Å². The monoisotopic (exact) mass is 276 g/mol. The molecule has 1 N–H and O–H groups in total. The van der Waals surface area contributed by atoms with Crippen molar-refractivity contribution in [1.82, 2.24) is 9.13 Å². The Kier molecular flexibility index (Phi) is 4.33. The van der Waals surface area contributed by atoms with Gasteiger partial charge in [0.05, 0.1) is 17.1 Å². The molecule has 0 fully saturated rings. The molecule has 20 heavy (non-hydrogen) atoms. The van der Waals surface area contributed by atoms with Gasteiger partial charge in [-0.25, -0.2) is 4.79 Å². The minimum absolute atomic E-state index is 0.0282. The molecule has 110 valence electrons. The van der Waals surface area contributed by atoms with E-state index in [1.807, 2.05) is 32.0 Å². The summed E-state index contributed by atoms with van der Waals surface area (Å²) in [5.74, 6) is 0.439. The van der Waals surface area contributed by atoms with Gasteiger partial charge in [-0.2, -0.15) is 0 Å². The fraction of sp³-hybridized carbons (Fsp3) is 0.562. The third kappa shape index (κ3) is 2.52. The van der Waals surface area contributed by atoms with Crippen molar-refractivity contribution >= 4 is 11.0 Å². The van der Waals surface area contributed by atoms with E-state index in [9.17, 15) is 9.90 Å². The zero-order valence-electron chi connectivity index (χ0n) is 12.8. The highest BCUT2D eigenvalue weighted by atomic mass is 16.3. The van der Waals surface area contributed by atoms with E-state index in [0.29, 0.717) is 19.0 Å². The fourth-order valence-corrected chi connectivity index (χ4v) is 2.74. The maximum Gasteiger partial charge on any atom is 0.329 e. The van der Waals surface area contributed by atoms with E-state index < -0.39 is 6.10 Å². The number of imidazole rings is 1. The van der Waals surface area contributed by atoms with Gasteiger partial charge < -0.3 is 5.11 Å². The Morgan fingerprint density at radius 1 is 1.10 bits per heavy atom. The molecule has 0 aliphatic heterocycles. The molecule has 0 saturated heterocycles. The van der Waals surface area contributed by atoms with Crippen molar-refractivity contribution < 1.29 is 5.11 Å². The fourth-order valence-electron chi connectivity index (χ4n) is 2.74. The standard InChI is InChI=1S/C16H24N2O2/c1-5-17-13-8-7-12(15(19)9-11(3)4)10-14(13)18(6-2)16(17)20/h7-8,10-11,15,19H,5-6,9H2,1-4H3. The van der Waals surface area contributed by atoms with E-state index in [2.05, 4.69) is 13.8 Å². The summed E-state index contributed by atoms with van der Waals surface area (Å²) in [5.41, 5.74) is 2.78. The zero-order chi connectivity index (χ0) is 14.9. The average Bonchev–Trinajstić information content (AvgIpc) is 2.67. The van der Waals surface area contributed by atoms with Crippen LogP contribution in [-0.4, -0.2) is 14.2 Å². The topological polar surface area (TPSA) is 47.2 Å². The number of nitrogens with zero attached hydrogens (tertiary/aromatic N) is 2. The normalized spacial score (nSPS) is 13.3. The molecule has 0 spiro atoms. The number of aryl methyl sites for hydroxylation is 2. The summed E-state index contributed by atoms with van der Waals surface area (Å²) in [6, 6.07) is 5.84. The van der Waals surface area contributed by atoms with Crippen LogP contribution in [0.5, 0.6) is 0 Å². The van der Waals surface area contributed by atoms with E-state index in [1.165, 1.54) is 0 Å². The van der Waals surface area contributed by atoms with E-state index in [4.69, 9.17) is 0 Å². The van der Waals surface area contributed by atoms with E-state index >= 15 is 0 Å². The number of rotatable bonds is 5. The van der Waals surface area contributed by atoms with Gasteiger partial charge in [0.2, 0.25) is 0 Å². The number of aromatic nitrogens is 2. The lowest BCUT2D eigenvalue weighted by Gasteiger charge is -2.13. The summed E-state index contributed by atoms with van der Waals surface area (Å²) in [7, 11) is 0. The van der Waals surface area contributed by atoms with Crippen LogP contribution >= 0.6 is 0 Å². The van der Waals surface area contributed by atoms with Gasteiger partial charge in [-0.1, -0.05) is 19.9 Å². The van der Waals surface area contributed by atoms with Gasteiger partial charge in [0.1, 0.15) is 0 Å². The number of aliphatic hydroxyl groups is 1. The number of hydrogen-bond donors (Lipinski definition) is 1. The lowest BCUT2D eigenvalue weighted by molar-refractivity contribution is 0.151. The summed E-state index contributed by atoms with van der Waals surface area (Å²) in [4.78, 5) is 12.3. The molecule has 1 unspecified atom stereocenters. The van der Waals surface area contributed by atoms with Crippen LogP contribution in [-0.2, 0) is 13.1 Å². The molecule has 1 aromatic heterocycles. The van der Waals surface area contributed by atoms with Crippen molar-refractivity contribution in [2.45, 2.75) is 53.3 Å². The van der Waals surface area contributed by atoms with Gasteiger partial charge in [0, 0.05) is 13.1 Å². The first kappa shape index (κ1) is 14.9. The third-order valence-corrected chi connectivity index (χ3v) is 3.75. The van der Waals surface area contributed by atoms with Gasteiger partial charge in [-0.3, -0.25) is 9.13 Å². The van der Waals surface area contributed by atoms with Crippen LogP contribution in [0.15, 0.2) is 23.0 Å². The first-order valence-corrected chi connectivity index (χ1v) is 7.40. The molecule has 1 aromatic carbocycles. The highest BCUT2D eigenvalue weighted by Gasteiger charge is 2.15. The highest BCUT2D eigenvalue weighted by molar-refractivity contribution is 5.77. The van der Waals surface area contributed by atoms with E-state index in [0.717, 1.165) is 23.0 Å². The Balaban J connectivity index is 2.56. The average molecular weight is 276 g/mol. The van der Waals surface area contributed by atoms with Crippen LogP contribution in [0, 0.1) is 5.92 Å². The van der Waals surface area contributed by atoms with Crippen LogP contribution in [0.2, 0.25) is 0 Å². The Labute approximate surface area is 119 Å². The Bertz CT molecular complexity index is 652. The molecule has 0 aliphatic carbocycles. The van der Waals surface area contributed by atoms with Gasteiger partial charge in [-0.05, 0) is 43.9 Å². The molecule has 4 heteroatoms. The molecule has 0 bridgehead atoms. The summed E-state index contributed by atoms with van der Waals surface area (Å²) >= 11 is 0. The second kappa shape index (κ2) is 5.83. The maximum absolute atomic E-state index is 12.3. The molecule has 0 radical (unpaired) electrons. The molecule has 0 amide bonds. The summed E-state index contributed by atoms with van der Waals surface area (Å²) < 4.78 is 3.54. The predicted molar refractivity (Wildman–Crippen MR) is 82.0 cm³/mol. The van der Waals surface area contributed by atoms with Gasteiger partial charge >= 0.3 is 5.69 Å². The van der Waals surface area contributed by atoms with Gasteiger partial charge in [-0.15, -0.1) is 0 Å².